The van der Waals surface area contributed by atoms with E-state index in [1.165, 1.54) is 6.07 Å². The van der Waals surface area contributed by atoms with Gasteiger partial charge in [0.05, 0.1) is 12.9 Å². The number of carbonyl (C=O) groups is 1. The van der Waals surface area contributed by atoms with Crippen LogP contribution in [-0.4, -0.2) is 17.7 Å². The highest BCUT2D eigenvalue weighted by atomic mass is 16.5. The molecule has 0 atom stereocenters. The lowest BCUT2D eigenvalue weighted by molar-refractivity contribution is 0.0949. The Morgan fingerprint density at radius 3 is 2.69 bits per heavy atom. The fourth-order valence-electron chi connectivity index (χ4n) is 4.36. The second-order valence-electron chi connectivity index (χ2n) is 9.18. The molecule has 1 aliphatic rings. The molecular weight excluding hydrogens is 456 g/mol. The molecule has 1 fully saturated rings. The Morgan fingerprint density at radius 1 is 1.03 bits per heavy atom. The van der Waals surface area contributed by atoms with Crippen molar-refractivity contribution in [2.75, 3.05) is 6.61 Å². The van der Waals surface area contributed by atoms with Gasteiger partial charge in [0, 0.05) is 35.7 Å². The number of ether oxygens (including phenoxy) is 1. The highest BCUT2D eigenvalue weighted by Gasteiger charge is 2.28. The van der Waals surface area contributed by atoms with E-state index in [1.807, 2.05) is 48.5 Å². The molecule has 1 aliphatic carbocycles. The highest BCUT2D eigenvalue weighted by molar-refractivity contribution is 5.96. The minimum atomic E-state index is -0.202. The molecule has 2 N–H and O–H groups in total. The number of carbonyl (C=O) groups excluding carboxylic acids is 1. The summed E-state index contributed by atoms with van der Waals surface area (Å²) < 4.78 is 16.6. The topological polar surface area (TPSA) is 97.5 Å². The SMILES string of the molecule is O=C(NCc1ccccc1OCCCCCc1cc(=O)[nH]o1)c1ccc(-c2ccco2)cc1C1CC1. The van der Waals surface area contributed by atoms with E-state index in [9.17, 15) is 9.59 Å². The number of amides is 1. The number of aryl methyl sites for hydroxylation is 1. The third kappa shape index (κ3) is 5.97. The van der Waals surface area contributed by atoms with Crippen molar-refractivity contribution < 1.29 is 18.5 Å². The van der Waals surface area contributed by atoms with Crippen molar-refractivity contribution in [3.8, 4) is 17.1 Å². The quantitative estimate of drug-likeness (QED) is 0.246. The highest BCUT2D eigenvalue weighted by Crippen LogP contribution is 2.43. The fraction of sp³-hybridized carbons (Fsp3) is 0.310. The van der Waals surface area contributed by atoms with Crippen LogP contribution < -0.4 is 15.6 Å². The van der Waals surface area contributed by atoms with Crippen molar-refractivity contribution in [3.05, 3.63) is 99.7 Å². The number of furan rings is 1. The average molecular weight is 487 g/mol. The lowest BCUT2D eigenvalue weighted by Gasteiger charge is -2.14. The van der Waals surface area contributed by atoms with Crippen LogP contribution in [-0.2, 0) is 13.0 Å². The van der Waals surface area contributed by atoms with Gasteiger partial charge in [0.15, 0.2) is 0 Å². The van der Waals surface area contributed by atoms with Gasteiger partial charge in [-0.3, -0.25) is 9.59 Å². The molecule has 7 heteroatoms. The second kappa shape index (κ2) is 11.2. The molecule has 0 aliphatic heterocycles. The van der Waals surface area contributed by atoms with Crippen LogP contribution in [0, 0.1) is 0 Å². The number of para-hydroxylation sites is 1. The van der Waals surface area contributed by atoms with E-state index in [2.05, 4.69) is 16.5 Å². The van der Waals surface area contributed by atoms with Gasteiger partial charge < -0.3 is 19.0 Å². The molecule has 0 radical (unpaired) electrons. The van der Waals surface area contributed by atoms with Gasteiger partial charge in [0.1, 0.15) is 17.3 Å². The maximum Gasteiger partial charge on any atom is 0.280 e. The maximum absolute atomic E-state index is 13.1. The van der Waals surface area contributed by atoms with Crippen molar-refractivity contribution in [1.29, 1.82) is 0 Å². The standard InChI is InChI=1S/C29H30N2O5/c32-28-18-23(36-31-28)8-2-1-5-15-34-27-9-4-3-7-22(27)19-30-29(33)24-14-13-21(26-10-6-16-35-26)17-25(24)20-11-12-20/h3-4,6-7,9-10,13-14,16-18,20H,1-2,5,8,11-12,15,19H2,(H,30,33)(H,31,32). The van der Waals surface area contributed by atoms with Gasteiger partial charge in [-0.05, 0) is 73.9 Å². The normalized spacial score (nSPS) is 13.0. The number of unbranched alkanes of at least 4 members (excludes halogenated alkanes) is 2. The van der Waals surface area contributed by atoms with Crippen LogP contribution in [0.2, 0.25) is 0 Å². The van der Waals surface area contributed by atoms with Crippen LogP contribution in [0.15, 0.2) is 80.7 Å². The summed E-state index contributed by atoms with van der Waals surface area (Å²) >= 11 is 0. The molecule has 0 bridgehead atoms. The Hall–Kier alpha value is -4.00. The van der Waals surface area contributed by atoms with Gasteiger partial charge >= 0.3 is 0 Å². The van der Waals surface area contributed by atoms with Crippen molar-refractivity contribution >= 4 is 5.91 Å². The summed E-state index contributed by atoms with van der Waals surface area (Å²) in [5.74, 6) is 2.64. The number of rotatable bonds is 12. The van der Waals surface area contributed by atoms with Crippen LogP contribution in [0.4, 0.5) is 0 Å². The molecule has 186 valence electrons. The smallest absolute Gasteiger partial charge is 0.280 e. The van der Waals surface area contributed by atoms with E-state index in [1.54, 1.807) is 6.26 Å². The number of aromatic nitrogens is 1. The molecule has 7 nitrogen and oxygen atoms in total. The summed E-state index contributed by atoms with van der Waals surface area (Å²) in [7, 11) is 0. The van der Waals surface area contributed by atoms with Crippen LogP contribution in [0.1, 0.15) is 65.3 Å². The Balaban J connectivity index is 1.14. The van der Waals surface area contributed by atoms with Crippen molar-refractivity contribution in [2.45, 2.75) is 51.0 Å². The summed E-state index contributed by atoms with van der Waals surface area (Å²) in [5.41, 5.74) is 3.55. The minimum absolute atomic E-state index is 0.0749. The molecular formula is C29H30N2O5. The third-order valence-electron chi connectivity index (χ3n) is 6.43. The van der Waals surface area contributed by atoms with Gasteiger partial charge in [-0.25, -0.2) is 0 Å². The lowest BCUT2D eigenvalue weighted by atomic mass is 9.98. The average Bonchev–Trinajstić information content (AvgIpc) is 3.43. The van der Waals surface area contributed by atoms with Gasteiger partial charge in [-0.2, -0.15) is 5.16 Å². The lowest BCUT2D eigenvalue weighted by Crippen LogP contribution is -2.24. The summed E-state index contributed by atoms with van der Waals surface area (Å²) in [6, 6.07) is 19.0. The fourth-order valence-corrected chi connectivity index (χ4v) is 4.36. The van der Waals surface area contributed by atoms with E-state index in [0.29, 0.717) is 24.8 Å². The number of H-pyrrole nitrogens is 1. The first-order valence-electron chi connectivity index (χ1n) is 12.5. The summed E-state index contributed by atoms with van der Waals surface area (Å²) in [6.45, 7) is 0.980. The number of nitrogens with one attached hydrogen (secondary N) is 2. The summed E-state index contributed by atoms with van der Waals surface area (Å²) in [4.78, 5) is 24.2. The van der Waals surface area contributed by atoms with E-state index in [4.69, 9.17) is 13.7 Å². The van der Waals surface area contributed by atoms with Gasteiger partial charge in [-0.1, -0.05) is 24.3 Å². The number of aromatic amines is 1. The molecule has 5 rings (SSSR count). The molecule has 0 spiro atoms. The zero-order valence-electron chi connectivity index (χ0n) is 20.1. The Kier molecular flexibility index (Phi) is 7.36. The second-order valence-corrected chi connectivity index (χ2v) is 9.18. The molecule has 0 unspecified atom stereocenters. The predicted molar refractivity (Wildman–Crippen MR) is 136 cm³/mol. The summed E-state index contributed by atoms with van der Waals surface area (Å²) in [6.07, 6.45) is 7.39. The van der Waals surface area contributed by atoms with Crippen LogP contribution in [0.25, 0.3) is 11.3 Å². The Morgan fingerprint density at radius 2 is 1.92 bits per heavy atom. The molecule has 2 heterocycles. The number of hydrogen-bond donors (Lipinski definition) is 2. The Bertz CT molecular complexity index is 1350. The number of benzene rings is 2. The number of hydrogen-bond acceptors (Lipinski definition) is 5. The molecule has 0 saturated heterocycles. The monoisotopic (exact) mass is 486 g/mol. The largest absolute Gasteiger partial charge is 0.493 e. The van der Waals surface area contributed by atoms with Crippen LogP contribution >= 0.6 is 0 Å². The van der Waals surface area contributed by atoms with Gasteiger partial charge in [0.25, 0.3) is 11.5 Å². The van der Waals surface area contributed by atoms with Gasteiger partial charge in [0.2, 0.25) is 0 Å². The Labute approximate surface area is 209 Å². The molecule has 2 aromatic carbocycles. The van der Waals surface area contributed by atoms with E-state index < -0.39 is 0 Å². The molecule has 36 heavy (non-hydrogen) atoms. The van der Waals surface area contributed by atoms with Crippen LogP contribution in [0.3, 0.4) is 0 Å². The maximum atomic E-state index is 13.1. The van der Waals surface area contributed by atoms with E-state index in [-0.39, 0.29) is 11.5 Å². The van der Waals surface area contributed by atoms with Crippen molar-refractivity contribution in [2.24, 2.45) is 0 Å². The predicted octanol–water partition coefficient (Wildman–Crippen LogP) is 5.83. The van der Waals surface area contributed by atoms with Crippen molar-refractivity contribution in [1.82, 2.24) is 10.5 Å². The third-order valence-corrected chi connectivity index (χ3v) is 6.43. The zero-order valence-corrected chi connectivity index (χ0v) is 20.1. The zero-order chi connectivity index (χ0) is 24.7. The first kappa shape index (κ1) is 23.7. The minimum Gasteiger partial charge on any atom is -0.493 e. The molecule has 2 aromatic heterocycles. The molecule has 4 aromatic rings. The summed E-state index contributed by atoms with van der Waals surface area (Å²) in [5, 5.41) is 5.39. The van der Waals surface area contributed by atoms with E-state index in [0.717, 1.165) is 72.3 Å². The van der Waals surface area contributed by atoms with E-state index >= 15 is 0 Å². The molecule has 1 amide bonds. The van der Waals surface area contributed by atoms with Crippen molar-refractivity contribution in [3.63, 3.8) is 0 Å². The first-order chi connectivity index (χ1) is 17.7. The molecule has 1 saturated carbocycles. The van der Waals surface area contributed by atoms with Gasteiger partial charge in [-0.15, -0.1) is 0 Å². The van der Waals surface area contributed by atoms with Crippen LogP contribution in [0.5, 0.6) is 5.75 Å². The first-order valence-corrected chi connectivity index (χ1v) is 12.5.